The lowest BCUT2D eigenvalue weighted by Gasteiger charge is -2.33. The van der Waals surface area contributed by atoms with E-state index >= 15 is 0 Å². The van der Waals surface area contributed by atoms with E-state index in [0.29, 0.717) is 44.1 Å². The van der Waals surface area contributed by atoms with Crippen molar-refractivity contribution in [1.29, 1.82) is 0 Å². The van der Waals surface area contributed by atoms with Crippen LogP contribution in [0.4, 0.5) is 26.3 Å². The Kier molecular flexibility index (Phi) is 8.72. The second-order valence-corrected chi connectivity index (χ2v) is 9.67. The van der Waals surface area contributed by atoms with E-state index in [1.54, 1.807) is 4.90 Å². The molecule has 2 aliphatic rings. The number of nitrogens with zero attached hydrogens (tertiary/aromatic N) is 1. The molecular formula is C24H31F6N3O2. The maximum Gasteiger partial charge on any atom is 0.416 e. The van der Waals surface area contributed by atoms with Crippen LogP contribution >= 0.6 is 0 Å². The molecule has 0 bridgehead atoms. The minimum absolute atomic E-state index is 0.00679. The molecule has 1 aromatic carbocycles. The van der Waals surface area contributed by atoms with Crippen LogP contribution in [0.2, 0.25) is 0 Å². The first-order valence-corrected chi connectivity index (χ1v) is 11.9. The van der Waals surface area contributed by atoms with Gasteiger partial charge in [0.1, 0.15) is 0 Å². The fourth-order valence-electron chi connectivity index (χ4n) is 4.62. The van der Waals surface area contributed by atoms with Gasteiger partial charge in [-0.15, -0.1) is 0 Å². The number of hydrogen-bond acceptors (Lipinski definition) is 3. The predicted octanol–water partition coefficient (Wildman–Crippen LogP) is 4.86. The molecule has 1 saturated carbocycles. The Morgan fingerprint density at radius 1 is 0.886 bits per heavy atom. The van der Waals surface area contributed by atoms with Gasteiger partial charge in [0.2, 0.25) is 5.91 Å². The Balaban J connectivity index is 1.47. The normalized spacial score (nSPS) is 22.2. The number of rotatable bonds is 6. The minimum atomic E-state index is -5.01. The van der Waals surface area contributed by atoms with Gasteiger partial charge in [-0.25, -0.2) is 0 Å². The van der Waals surface area contributed by atoms with E-state index in [1.165, 1.54) is 0 Å². The van der Waals surface area contributed by atoms with E-state index in [-0.39, 0.29) is 31.0 Å². The molecule has 2 fully saturated rings. The first kappa shape index (κ1) is 27.3. The van der Waals surface area contributed by atoms with Crippen molar-refractivity contribution in [3.8, 4) is 0 Å². The highest BCUT2D eigenvalue weighted by Crippen LogP contribution is 2.36. The van der Waals surface area contributed by atoms with E-state index in [9.17, 15) is 35.9 Å². The lowest BCUT2D eigenvalue weighted by molar-refractivity contribution is -0.143. The molecule has 5 nitrogen and oxygen atoms in total. The predicted molar refractivity (Wildman–Crippen MR) is 118 cm³/mol. The van der Waals surface area contributed by atoms with Gasteiger partial charge in [-0.3, -0.25) is 9.59 Å². The molecule has 2 amide bonds. The van der Waals surface area contributed by atoms with Crippen molar-refractivity contribution in [2.24, 2.45) is 11.8 Å². The lowest BCUT2D eigenvalue weighted by Crippen LogP contribution is -2.46. The highest BCUT2D eigenvalue weighted by Gasteiger charge is 2.37. The number of piperidine rings is 1. The highest BCUT2D eigenvalue weighted by atomic mass is 19.4. The topological polar surface area (TPSA) is 61.4 Å². The van der Waals surface area contributed by atoms with Crippen LogP contribution < -0.4 is 10.6 Å². The van der Waals surface area contributed by atoms with Gasteiger partial charge in [0.25, 0.3) is 5.91 Å². The number of likely N-dealkylation sites (tertiary alicyclic amines) is 1. The van der Waals surface area contributed by atoms with Crippen molar-refractivity contribution in [2.45, 2.75) is 63.8 Å². The minimum Gasteiger partial charge on any atom is -0.352 e. The van der Waals surface area contributed by atoms with Gasteiger partial charge in [-0.1, -0.05) is 6.92 Å². The monoisotopic (exact) mass is 507 g/mol. The molecule has 0 unspecified atom stereocenters. The molecule has 196 valence electrons. The average Bonchev–Trinajstić information content (AvgIpc) is 2.81. The van der Waals surface area contributed by atoms with Gasteiger partial charge < -0.3 is 15.5 Å². The summed E-state index contributed by atoms with van der Waals surface area (Å²) in [6, 6.07) is 1.20. The third-order valence-corrected chi connectivity index (χ3v) is 6.93. The number of carbonyl (C=O) groups is 2. The lowest BCUT2D eigenvalue weighted by atomic mass is 9.87. The van der Waals surface area contributed by atoms with Crippen LogP contribution in [-0.2, 0) is 17.1 Å². The summed E-state index contributed by atoms with van der Waals surface area (Å²) in [5.41, 5.74) is -3.75. The fourth-order valence-corrected chi connectivity index (χ4v) is 4.62. The highest BCUT2D eigenvalue weighted by molar-refractivity contribution is 5.94. The summed E-state index contributed by atoms with van der Waals surface area (Å²) in [4.78, 5) is 26.6. The average molecular weight is 508 g/mol. The molecule has 1 heterocycles. The zero-order chi connectivity index (χ0) is 25.8. The van der Waals surface area contributed by atoms with E-state index in [2.05, 4.69) is 17.6 Å². The molecule has 2 N–H and O–H groups in total. The Hall–Kier alpha value is -2.30. The summed E-state index contributed by atoms with van der Waals surface area (Å²) in [5.74, 6) is -0.284. The molecule has 35 heavy (non-hydrogen) atoms. The molecule has 0 aromatic heterocycles. The van der Waals surface area contributed by atoms with Crippen molar-refractivity contribution < 1.29 is 35.9 Å². The second kappa shape index (κ2) is 11.2. The van der Waals surface area contributed by atoms with E-state index < -0.39 is 35.0 Å². The number of nitrogens with one attached hydrogen (secondary N) is 2. The summed E-state index contributed by atoms with van der Waals surface area (Å²) in [7, 11) is 0. The summed E-state index contributed by atoms with van der Waals surface area (Å²) in [6.45, 7) is 3.59. The molecule has 1 aromatic rings. The van der Waals surface area contributed by atoms with Crippen molar-refractivity contribution in [3.63, 3.8) is 0 Å². The summed E-state index contributed by atoms with van der Waals surface area (Å²) < 4.78 is 78.1. The summed E-state index contributed by atoms with van der Waals surface area (Å²) >= 11 is 0. The Bertz CT molecular complexity index is 854. The molecule has 1 aliphatic heterocycles. The van der Waals surface area contributed by atoms with Crippen LogP contribution in [0.25, 0.3) is 0 Å². The number of hydrogen-bond donors (Lipinski definition) is 2. The molecule has 1 aliphatic carbocycles. The van der Waals surface area contributed by atoms with Crippen LogP contribution in [-0.4, -0.2) is 48.9 Å². The Labute approximate surface area is 200 Å². The van der Waals surface area contributed by atoms with E-state index in [4.69, 9.17) is 0 Å². The van der Waals surface area contributed by atoms with Gasteiger partial charge in [0.05, 0.1) is 17.7 Å². The second-order valence-electron chi connectivity index (χ2n) is 9.67. The molecular weight excluding hydrogens is 476 g/mol. The van der Waals surface area contributed by atoms with Crippen LogP contribution in [0.1, 0.15) is 66.9 Å². The van der Waals surface area contributed by atoms with Crippen LogP contribution in [0.5, 0.6) is 0 Å². The first-order valence-electron chi connectivity index (χ1n) is 11.9. The zero-order valence-corrected chi connectivity index (χ0v) is 19.6. The molecule has 3 rings (SSSR count). The maximum absolute atomic E-state index is 13.0. The van der Waals surface area contributed by atoms with Crippen LogP contribution in [0, 0.1) is 11.8 Å². The number of benzene rings is 1. The van der Waals surface area contributed by atoms with E-state index in [1.807, 2.05) is 0 Å². The van der Waals surface area contributed by atoms with Crippen molar-refractivity contribution in [3.05, 3.63) is 34.9 Å². The van der Waals surface area contributed by atoms with Crippen molar-refractivity contribution in [2.75, 3.05) is 26.2 Å². The van der Waals surface area contributed by atoms with Gasteiger partial charge in [-0.05, 0) is 68.6 Å². The van der Waals surface area contributed by atoms with Crippen LogP contribution in [0.15, 0.2) is 18.2 Å². The van der Waals surface area contributed by atoms with Gasteiger partial charge in [-0.2, -0.15) is 26.3 Å². The number of carbonyl (C=O) groups excluding carboxylic acids is 2. The molecule has 11 heteroatoms. The number of amides is 2. The zero-order valence-electron chi connectivity index (χ0n) is 19.6. The van der Waals surface area contributed by atoms with Gasteiger partial charge in [0, 0.05) is 31.2 Å². The Morgan fingerprint density at radius 2 is 1.43 bits per heavy atom. The Morgan fingerprint density at radius 3 is 1.94 bits per heavy atom. The largest absolute Gasteiger partial charge is 0.416 e. The van der Waals surface area contributed by atoms with Crippen LogP contribution in [0.3, 0.4) is 0 Å². The molecule has 1 saturated heterocycles. The van der Waals surface area contributed by atoms with Gasteiger partial charge >= 0.3 is 12.4 Å². The molecule has 0 spiro atoms. The quantitative estimate of drug-likeness (QED) is 0.541. The smallest absolute Gasteiger partial charge is 0.352 e. The third kappa shape index (κ3) is 7.85. The first-order chi connectivity index (χ1) is 16.3. The van der Waals surface area contributed by atoms with Gasteiger partial charge in [0.15, 0.2) is 0 Å². The van der Waals surface area contributed by atoms with E-state index in [0.717, 1.165) is 31.6 Å². The number of alkyl halides is 6. The van der Waals surface area contributed by atoms with Crippen molar-refractivity contribution >= 4 is 11.8 Å². The fraction of sp³-hybridized carbons (Fsp3) is 0.667. The standard InChI is InChI=1S/C24H31F6N3O2/c1-15-2-4-20(5-3-15)31-14-21(34)33-8-6-16(7-9-33)13-32-22(35)17-10-18(23(25,26)27)12-19(11-17)24(28,29)30/h10-12,15-16,20,31H,2-9,13-14H2,1H3,(H,32,35). The SMILES string of the molecule is CC1CCC(NCC(=O)N2CCC(CNC(=O)c3cc(C(F)(F)F)cc(C(F)(F)F)c3)CC2)CC1. The summed E-state index contributed by atoms with van der Waals surface area (Å²) in [5, 5.41) is 5.78. The molecule has 0 radical (unpaired) electrons. The third-order valence-electron chi connectivity index (χ3n) is 6.93. The molecule has 0 atom stereocenters. The maximum atomic E-state index is 13.0. The van der Waals surface area contributed by atoms with Crippen molar-refractivity contribution in [1.82, 2.24) is 15.5 Å². The number of halogens is 6. The summed E-state index contributed by atoms with van der Waals surface area (Å²) in [6.07, 6.45) is -4.42.